The van der Waals surface area contributed by atoms with Gasteiger partial charge in [-0.1, -0.05) is 48.2 Å². The number of hydrogen-bond acceptors (Lipinski definition) is 3. The van der Waals surface area contributed by atoms with Crippen molar-refractivity contribution in [1.29, 1.82) is 0 Å². The van der Waals surface area contributed by atoms with E-state index in [2.05, 4.69) is 0 Å². The number of carbonyl (C=O) groups is 2. The van der Waals surface area contributed by atoms with Gasteiger partial charge in [-0.05, 0) is 43.5 Å². The molecule has 2 aromatic rings. The normalized spacial score (nSPS) is 18.7. The van der Waals surface area contributed by atoms with E-state index >= 15 is 0 Å². The maximum atomic E-state index is 12.8. The van der Waals surface area contributed by atoms with E-state index in [9.17, 15) is 9.59 Å². The van der Waals surface area contributed by atoms with Crippen molar-refractivity contribution in [1.82, 2.24) is 0 Å². The standard InChI is InChI=1S/C19H17NO2S/c1-19(2)17(21)16(13-23-15-11-7-4-8-12-15)18(22)20(19)14-9-5-3-6-10-14/h3-13H,1-2H3. The first-order valence-corrected chi connectivity index (χ1v) is 8.26. The molecule has 0 N–H and O–H groups in total. The molecule has 23 heavy (non-hydrogen) atoms. The molecule has 0 radical (unpaired) electrons. The number of nitrogens with zero attached hydrogens (tertiary/aromatic N) is 1. The number of ketones is 1. The highest BCUT2D eigenvalue weighted by molar-refractivity contribution is 8.02. The van der Waals surface area contributed by atoms with Crippen molar-refractivity contribution in [3.8, 4) is 0 Å². The summed E-state index contributed by atoms with van der Waals surface area (Å²) < 4.78 is 0. The summed E-state index contributed by atoms with van der Waals surface area (Å²) >= 11 is 1.39. The second-order valence-corrected chi connectivity index (χ2v) is 6.77. The molecule has 3 rings (SSSR count). The zero-order valence-corrected chi connectivity index (χ0v) is 13.8. The van der Waals surface area contributed by atoms with E-state index in [1.54, 1.807) is 24.2 Å². The lowest BCUT2D eigenvalue weighted by molar-refractivity contribution is -0.118. The van der Waals surface area contributed by atoms with E-state index in [1.807, 2.05) is 60.7 Å². The van der Waals surface area contributed by atoms with Crippen molar-refractivity contribution in [2.75, 3.05) is 4.90 Å². The summed E-state index contributed by atoms with van der Waals surface area (Å²) in [5.41, 5.74) is 0.110. The zero-order chi connectivity index (χ0) is 16.4. The van der Waals surface area contributed by atoms with Crippen molar-refractivity contribution in [3.63, 3.8) is 0 Å². The molecule has 1 aliphatic rings. The lowest BCUT2D eigenvalue weighted by atomic mass is 9.98. The van der Waals surface area contributed by atoms with Crippen LogP contribution >= 0.6 is 11.8 Å². The van der Waals surface area contributed by atoms with Gasteiger partial charge < -0.3 is 0 Å². The first kappa shape index (κ1) is 15.6. The van der Waals surface area contributed by atoms with E-state index in [4.69, 9.17) is 0 Å². The number of benzene rings is 2. The van der Waals surface area contributed by atoms with Crippen LogP contribution in [0.25, 0.3) is 0 Å². The Hall–Kier alpha value is -2.33. The summed E-state index contributed by atoms with van der Waals surface area (Å²) in [6, 6.07) is 19.0. The fourth-order valence-electron chi connectivity index (χ4n) is 2.65. The minimum absolute atomic E-state index is 0.144. The average molecular weight is 323 g/mol. The summed E-state index contributed by atoms with van der Waals surface area (Å²) in [7, 11) is 0. The summed E-state index contributed by atoms with van der Waals surface area (Å²) in [6.07, 6.45) is 0. The average Bonchev–Trinajstić information content (AvgIpc) is 2.73. The Morgan fingerprint density at radius 2 is 1.48 bits per heavy atom. The third-order valence-electron chi connectivity index (χ3n) is 3.86. The van der Waals surface area contributed by atoms with Crippen molar-refractivity contribution in [3.05, 3.63) is 71.6 Å². The van der Waals surface area contributed by atoms with Crippen LogP contribution < -0.4 is 4.90 Å². The number of Topliss-reactive ketones (excluding diaryl/α,β-unsaturated/α-hetero) is 1. The van der Waals surface area contributed by atoms with Gasteiger partial charge >= 0.3 is 0 Å². The van der Waals surface area contributed by atoms with Gasteiger partial charge in [0.25, 0.3) is 5.91 Å². The van der Waals surface area contributed by atoms with E-state index in [-0.39, 0.29) is 17.3 Å². The van der Waals surface area contributed by atoms with Gasteiger partial charge in [-0.15, -0.1) is 0 Å². The molecule has 0 saturated carbocycles. The van der Waals surface area contributed by atoms with Crippen LogP contribution in [0, 0.1) is 0 Å². The lowest BCUT2D eigenvalue weighted by Gasteiger charge is -2.29. The summed E-state index contributed by atoms with van der Waals surface area (Å²) in [6.45, 7) is 3.57. The van der Waals surface area contributed by atoms with Gasteiger partial charge in [-0.3, -0.25) is 14.5 Å². The number of thioether (sulfide) groups is 1. The van der Waals surface area contributed by atoms with Crippen molar-refractivity contribution in [2.24, 2.45) is 0 Å². The van der Waals surface area contributed by atoms with Crippen LogP contribution in [0.3, 0.4) is 0 Å². The molecule has 1 fully saturated rings. The highest BCUT2D eigenvalue weighted by atomic mass is 32.2. The fraction of sp³-hybridized carbons (Fsp3) is 0.158. The fourth-order valence-corrected chi connectivity index (χ4v) is 3.43. The Morgan fingerprint density at radius 3 is 2.09 bits per heavy atom. The third-order valence-corrected chi connectivity index (χ3v) is 4.76. The summed E-state index contributed by atoms with van der Waals surface area (Å²) in [5.74, 6) is -0.385. The Balaban J connectivity index is 1.94. The molecule has 1 heterocycles. The minimum atomic E-state index is -0.873. The molecular formula is C19H17NO2S. The van der Waals surface area contributed by atoms with Crippen LogP contribution in [0.2, 0.25) is 0 Å². The maximum absolute atomic E-state index is 12.8. The predicted octanol–water partition coefficient (Wildman–Crippen LogP) is 4.06. The Kier molecular flexibility index (Phi) is 4.09. The van der Waals surface area contributed by atoms with Crippen LogP contribution in [-0.2, 0) is 9.59 Å². The number of hydrogen-bond donors (Lipinski definition) is 0. The summed E-state index contributed by atoms with van der Waals surface area (Å²) in [5, 5.41) is 1.67. The molecule has 2 aromatic carbocycles. The van der Waals surface area contributed by atoms with E-state index < -0.39 is 5.54 Å². The molecule has 116 valence electrons. The Bertz CT molecular complexity index is 766. The van der Waals surface area contributed by atoms with Crippen LogP contribution in [0.1, 0.15) is 13.8 Å². The number of para-hydroxylation sites is 1. The van der Waals surface area contributed by atoms with Gasteiger partial charge in [0.05, 0.1) is 5.57 Å². The molecule has 1 aliphatic heterocycles. The van der Waals surface area contributed by atoms with Crippen LogP contribution in [-0.4, -0.2) is 17.2 Å². The number of carbonyl (C=O) groups excluding carboxylic acids is 2. The molecule has 1 saturated heterocycles. The largest absolute Gasteiger partial charge is 0.295 e. The van der Waals surface area contributed by atoms with E-state index in [0.717, 1.165) is 10.6 Å². The van der Waals surface area contributed by atoms with Crippen LogP contribution in [0.5, 0.6) is 0 Å². The van der Waals surface area contributed by atoms with Gasteiger partial charge in [0.1, 0.15) is 5.54 Å². The zero-order valence-electron chi connectivity index (χ0n) is 13.0. The second-order valence-electron chi connectivity index (χ2n) is 5.83. The molecular weight excluding hydrogens is 306 g/mol. The highest BCUT2D eigenvalue weighted by Gasteiger charge is 2.49. The topological polar surface area (TPSA) is 37.4 Å². The van der Waals surface area contributed by atoms with Crippen LogP contribution in [0.4, 0.5) is 5.69 Å². The van der Waals surface area contributed by atoms with E-state index in [1.165, 1.54) is 11.8 Å². The van der Waals surface area contributed by atoms with Crippen molar-refractivity contribution in [2.45, 2.75) is 24.3 Å². The van der Waals surface area contributed by atoms with Crippen molar-refractivity contribution >= 4 is 29.1 Å². The predicted molar refractivity (Wildman–Crippen MR) is 93.4 cm³/mol. The van der Waals surface area contributed by atoms with Gasteiger partial charge in [0.15, 0.2) is 5.78 Å². The molecule has 0 aromatic heterocycles. The first-order chi connectivity index (χ1) is 11.0. The molecule has 0 spiro atoms. The number of anilines is 1. The first-order valence-electron chi connectivity index (χ1n) is 7.38. The number of rotatable bonds is 3. The van der Waals surface area contributed by atoms with Crippen molar-refractivity contribution < 1.29 is 9.59 Å². The molecule has 4 heteroatoms. The molecule has 0 bridgehead atoms. The Labute approximate surface area is 140 Å². The van der Waals surface area contributed by atoms with E-state index in [0.29, 0.717) is 0 Å². The third kappa shape index (κ3) is 2.82. The SMILES string of the molecule is CC1(C)C(=O)C(=CSc2ccccc2)C(=O)N1c1ccccc1. The lowest BCUT2D eigenvalue weighted by Crippen LogP contribution is -2.44. The second kappa shape index (κ2) is 6.05. The maximum Gasteiger partial charge on any atom is 0.263 e. The Morgan fingerprint density at radius 1 is 0.913 bits per heavy atom. The molecule has 0 atom stereocenters. The molecule has 3 nitrogen and oxygen atoms in total. The summed E-state index contributed by atoms with van der Waals surface area (Å²) in [4.78, 5) is 28.0. The van der Waals surface area contributed by atoms with Gasteiger partial charge in [0.2, 0.25) is 0 Å². The smallest absolute Gasteiger partial charge is 0.263 e. The monoisotopic (exact) mass is 323 g/mol. The molecule has 0 unspecified atom stereocenters. The molecule has 1 amide bonds. The van der Waals surface area contributed by atoms with Crippen LogP contribution in [0.15, 0.2) is 76.5 Å². The highest BCUT2D eigenvalue weighted by Crippen LogP contribution is 2.36. The number of amides is 1. The van der Waals surface area contributed by atoms with Gasteiger partial charge in [-0.25, -0.2) is 0 Å². The quantitative estimate of drug-likeness (QED) is 0.486. The minimum Gasteiger partial charge on any atom is -0.295 e. The van der Waals surface area contributed by atoms with Gasteiger partial charge in [-0.2, -0.15) is 0 Å². The van der Waals surface area contributed by atoms with Gasteiger partial charge in [0, 0.05) is 10.6 Å². The molecule has 0 aliphatic carbocycles.